The average Bonchev–Trinajstić information content (AvgIpc) is 3.34. The van der Waals surface area contributed by atoms with Gasteiger partial charge in [-0.3, -0.25) is 4.79 Å². The van der Waals surface area contributed by atoms with Crippen LogP contribution in [0.15, 0.2) is 29.8 Å². The van der Waals surface area contributed by atoms with Crippen molar-refractivity contribution < 1.29 is 19.1 Å². The lowest BCUT2D eigenvalue weighted by atomic mass is 10.0. The molecule has 0 radical (unpaired) electrons. The van der Waals surface area contributed by atoms with Gasteiger partial charge in [0.05, 0.1) is 6.10 Å². The second kappa shape index (κ2) is 9.76. The molecule has 1 aromatic heterocycles. The van der Waals surface area contributed by atoms with Crippen LogP contribution in [0.1, 0.15) is 51.3 Å². The molecular formula is C25H28N2O4. The third kappa shape index (κ3) is 5.31. The lowest BCUT2D eigenvalue weighted by Crippen LogP contribution is -2.17. The van der Waals surface area contributed by atoms with Crippen molar-refractivity contribution in [3.8, 4) is 6.07 Å². The Morgan fingerprint density at radius 2 is 2.03 bits per heavy atom. The average molecular weight is 421 g/mol. The minimum absolute atomic E-state index is 0.134. The quantitative estimate of drug-likeness (QED) is 0.290. The first kappa shape index (κ1) is 22.5. The third-order valence-corrected chi connectivity index (χ3v) is 5.68. The lowest BCUT2D eigenvalue weighted by Gasteiger charge is -2.14. The summed E-state index contributed by atoms with van der Waals surface area (Å²) in [5.74, 6) is -1.09. The smallest absolute Gasteiger partial charge is 0.349 e. The first-order chi connectivity index (χ1) is 14.8. The van der Waals surface area contributed by atoms with Crippen LogP contribution in [0.3, 0.4) is 0 Å². The molecule has 0 amide bonds. The first-order valence-corrected chi connectivity index (χ1v) is 10.5. The van der Waals surface area contributed by atoms with Gasteiger partial charge in [-0.25, -0.2) is 4.79 Å². The van der Waals surface area contributed by atoms with Gasteiger partial charge in [0.2, 0.25) is 5.78 Å². The molecule has 162 valence electrons. The molecule has 1 aromatic carbocycles. The fourth-order valence-electron chi connectivity index (χ4n) is 3.95. The number of ketones is 1. The van der Waals surface area contributed by atoms with Crippen LogP contribution in [0.4, 0.5) is 0 Å². The number of hydrogen-bond acceptors (Lipinski definition) is 5. The number of Topliss-reactive ketones (excluding diaryl/α,β-unsaturated/α-hetero) is 1. The SMILES string of the molecule is Cc1ccc(C(=O)COC(=O)/C(C#N)=C/c2cc(C)n(C[C@H]3CCCO3)c2C)c(C)c1. The summed E-state index contributed by atoms with van der Waals surface area (Å²) < 4.78 is 13.0. The molecule has 6 heteroatoms. The highest BCUT2D eigenvalue weighted by Gasteiger charge is 2.20. The van der Waals surface area contributed by atoms with Crippen LogP contribution in [0.25, 0.3) is 6.08 Å². The normalized spacial score (nSPS) is 16.2. The van der Waals surface area contributed by atoms with E-state index in [-0.39, 0.29) is 17.5 Å². The van der Waals surface area contributed by atoms with E-state index < -0.39 is 12.6 Å². The number of nitriles is 1. The molecule has 0 N–H and O–H groups in total. The number of aromatic nitrogens is 1. The number of benzene rings is 1. The number of aryl methyl sites for hydroxylation is 3. The van der Waals surface area contributed by atoms with Crippen LogP contribution < -0.4 is 0 Å². The molecule has 0 spiro atoms. The van der Waals surface area contributed by atoms with E-state index in [2.05, 4.69) is 4.57 Å². The summed E-state index contributed by atoms with van der Waals surface area (Å²) in [5, 5.41) is 9.48. The molecule has 1 saturated heterocycles. The molecular weight excluding hydrogens is 392 g/mol. The Balaban J connectivity index is 1.70. The number of hydrogen-bond donors (Lipinski definition) is 0. The summed E-state index contributed by atoms with van der Waals surface area (Å²) >= 11 is 0. The van der Waals surface area contributed by atoms with Gasteiger partial charge in [0.15, 0.2) is 6.61 Å². The summed E-state index contributed by atoms with van der Waals surface area (Å²) in [5.41, 5.74) is 5.04. The maximum absolute atomic E-state index is 12.4. The summed E-state index contributed by atoms with van der Waals surface area (Å²) in [6.45, 7) is 8.88. The van der Waals surface area contributed by atoms with E-state index in [0.29, 0.717) is 5.56 Å². The second-order valence-electron chi connectivity index (χ2n) is 8.06. The molecule has 2 aromatic rings. The van der Waals surface area contributed by atoms with Crippen molar-refractivity contribution in [2.45, 2.75) is 53.2 Å². The van der Waals surface area contributed by atoms with Gasteiger partial charge in [-0.15, -0.1) is 0 Å². The van der Waals surface area contributed by atoms with Crippen LogP contribution in [0.2, 0.25) is 0 Å². The van der Waals surface area contributed by atoms with Gasteiger partial charge in [-0.1, -0.05) is 23.8 Å². The van der Waals surface area contributed by atoms with Gasteiger partial charge in [-0.05, 0) is 63.8 Å². The van der Waals surface area contributed by atoms with Gasteiger partial charge in [0.1, 0.15) is 11.6 Å². The van der Waals surface area contributed by atoms with Crippen molar-refractivity contribution in [2.24, 2.45) is 0 Å². The molecule has 31 heavy (non-hydrogen) atoms. The van der Waals surface area contributed by atoms with Gasteiger partial charge >= 0.3 is 5.97 Å². The topological polar surface area (TPSA) is 81.3 Å². The van der Waals surface area contributed by atoms with E-state index in [9.17, 15) is 14.9 Å². The Bertz CT molecular complexity index is 1070. The van der Waals surface area contributed by atoms with E-state index >= 15 is 0 Å². The van der Waals surface area contributed by atoms with Crippen molar-refractivity contribution in [1.29, 1.82) is 5.26 Å². The predicted octanol–water partition coefficient (Wildman–Crippen LogP) is 4.23. The fraction of sp³-hybridized carbons (Fsp3) is 0.400. The minimum Gasteiger partial charge on any atom is -0.453 e. The standard InChI is InChI=1S/C25H28N2O4/c1-16-7-8-23(17(2)10-16)24(28)15-31-25(29)21(13-26)12-20-11-18(3)27(19(20)4)14-22-6-5-9-30-22/h7-8,10-12,22H,5-6,9,14-15H2,1-4H3/b21-12+/t22-/m1/s1. The second-order valence-corrected chi connectivity index (χ2v) is 8.06. The van der Waals surface area contributed by atoms with Crippen molar-refractivity contribution in [2.75, 3.05) is 13.2 Å². The molecule has 1 atom stereocenters. The Morgan fingerprint density at radius 1 is 1.26 bits per heavy atom. The van der Waals surface area contributed by atoms with Crippen LogP contribution in [0, 0.1) is 39.0 Å². The van der Waals surface area contributed by atoms with E-state index in [0.717, 1.165) is 54.1 Å². The molecule has 1 aliphatic heterocycles. The number of ether oxygens (including phenoxy) is 2. The number of nitrogens with zero attached hydrogens (tertiary/aromatic N) is 2. The van der Waals surface area contributed by atoms with Crippen LogP contribution >= 0.6 is 0 Å². The van der Waals surface area contributed by atoms with Crippen molar-refractivity contribution in [3.05, 3.63) is 63.5 Å². The monoisotopic (exact) mass is 420 g/mol. The molecule has 1 fully saturated rings. The molecule has 0 aliphatic carbocycles. The van der Waals surface area contributed by atoms with Gasteiger partial charge in [0, 0.05) is 30.1 Å². The summed E-state index contributed by atoms with van der Waals surface area (Å²) in [6, 6.07) is 9.32. The lowest BCUT2D eigenvalue weighted by molar-refractivity contribution is -0.137. The van der Waals surface area contributed by atoms with Crippen LogP contribution in [0.5, 0.6) is 0 Å². The number of esters is 1. The molecule has 1 aliphatic rings. The van der Waals surface area contributed by atoms with E-state index in [4.69, 9.17) is 9.47 Å². The van der Waals surface area contributed by atoms with Crippen molar-refractivity contribution >= 4 is 17.8 Å². The maximum atomic E-state index is 12.4. The molecule has 0 unspecified atom stereocenters. The predicted molar refractivity (Wildman–Crippen MR) is 118 cm³/mol. The molecule has 3 rings (SSSR count). The van der Waals surface area contributed by atoms with Crippen molar-refractivity contribution in [1.82, 2.24) is 4.57 Å². The Morgan fingerprint density at radius 3 is 2.68 bits per heavy atom. The highest BCUT2D eigenvalue weighted by Crippen LogP contribution is 2.22. The zero-order chi connectivity index (χ0) is 22.5. The Kier molecular flexibility index (Phi) is 7.09. The van der Waals surface area contributed by atoms with Crippen LogP contribution in [-0.2, 0) is 20.8 Å². The number of carbonyl (C=O) groups is 2. The largest absolute Gasteiger partial charge is 0.453 e. The number of carbonyl (C=O) groups excluding carboxylic acids is 2. The van der Waals surface area contributed by atoms with E-state index in [1.807, 2.05) is 52.0 Å². The van der Waals surface area contributed by atoms with Crippen LogP contribution in [-0.4, -0.2) is 35.6 Å². The summed E-state index contributed by atoms with van der Waals surface area (Å²) in [7, 11) is 0. The first-order valence-electron chi connectivity index (χ1n) is 10.5. The fourth-order valence-corrected chi connectivity index (χ4v) is 3.95. The molecule has 2 heterocycles. The summed E-state index contributed by atoms with van der Waals surface area (Å²) in [6.07, 6.45) is 3.82. The van der Waals surface area contributed by atoms with Gasteiger partial charge in [0.25, 0.3) is 0 Å². The molecule has 6 nitrogen and oxygen atoms in total. The Hall–Kier alpha value is -3.17. The summed E-state index contributed by atoms with van der Waals surface area (Å²) in [4.78, 5) is 24.9. The van der Waals surface area contributed by atoms with Crippen molar-refractivity contribution in [3.63, 3.8) is 0 Å². The maximum Gasteiger partial charge on any atom is 0.349 e. The Labute approximate surface area is 183 Å². The highest BCUT2D eigenvalue weighted by atomic mass is 16.5. The number of rotatable bonds is 7. The van der Waals surface area contributed by atoms with E-state index in [1.165, 1.54) is 6.08 Å². The zero-order valence-electron chi connectivity index (χ0n) is 18.5. The highest BCUT2D eigenvalue weighted by molar-refractivity contribution is 6.02. The molecule has 0 saturated carbocycles. The zero-order valence-corrected chi connectivity index (χ0v) is 18.5. The third-order valence-electron chi connectivity index (χ3n) is 5.68. The van der Waals surface area contributed by atoms with Gasteiger partial charge < -0.3 is 14.0 Å². The minimum atomic E-state index is -0.801. The van der Waals surface area contributed by atoms with Gasteiger partial charge in [-0.2, -0.15) is 5.26 Å². The van der Waals surface area contributed by atoms with E-state index in [1.54, 1.807) is 6.07 Å². The molecule has 0 bridgehead atoms.